The summed E-state index contributed by atoms with van der Waals surface area (Å²) in [7, 11) is -3.20. The van der Waals surface area contributed by atoms with Gasteiger partial charge in [0.25, 0.3) is 0 Å². The number of hydrogen-bond acceptors (Lipinski definition) is 5. The highest BCUT2D eigenvalue weighted by molar-refractivity contribution is 7.91. The van der Waals surface area contributed by atoms with E-state index in [0.29, 0.717) is 17.4 Å². The fourth-order valence-corrected chi connectivity index (χ4v) is 4.36. The Balaban J connectivity index is 1.48. The van der Waals surface area contributed by atoms with Crippen LogP contribution in [0.3, 0.4) is 0 Å². The molecule has 1 aromatic heterocycles. The molecule has 24 heavy (non-hydrogen) atoms. The molecule has 1 aromatic carbocycles. The lowest BCUT2D eigenvalue weighted by Crippen LogP contribution is -2.33. The molecule has 0 aliphatic carbocycles. The summed E-state index contributed by atoms with van der Waals surface area (Å²) in [5, 5.41) is 11.8. The van der Waals surface area contributed by atoms with E-state index in [0.717, 1.165) is 44.0 Å². The Morgan fingerprint density at radius 3 is 2.79 bits per heavy atom. The van der Waals surface area contributed by atoms with E-state index in [2.05, 4.69) is 27.0 Å². The Hall–Kier alpha value is -1.73. The van der Waals surface area contributed by atoms with Gasteiger partial charge >= 0.3 is 0 Å². The zero-order valence-electron chi connectivity index (χ0n) is 14.0. The summed E-state index contributed by atoms with van der Waals surface area (Å²) in [6, 6.07) is 8.63. The highest BCUT2D eigenvalue weighted by atomic mass is 32.2. The van der Waals surface area contributed by atoms with Crippen LogP contribution < -0.4 is 5.32 Å². The quantitative estimate of drug-likeness (QED) is 0.767. The van der Waals surface area contributed by atoms with Gasteiger partial charge in [-0.15, -0.1) is 10.2 Å². The van der Waals surface area contributed by atoms with Gasteiger partial charge in [-0.2, -0.15) is 0 Å². The number of hydrogen-bond donors (Lipinski definition) is 1. The summed E-state index contributed by atoms with van der Waals surface area (Å²) in [5.41, 5.74) is 0. The van der Waals surface area contributed by atoms with E-state index in [9.17, 15) is 8.42 Å². The Morgan fingerprint density at radius 1 is 1.25 bits per heavy atom. The SMILES string of the molecule is CCc1nnc2n1CC(CNCCS(=O)(=O)c1ccccc1)CC2. The molecule has 3 rings (SSSR count). The maximum atomic E-state index is 12.2. The number of nitrogens with zero attached hydrogens (tertiary/aromatic N) is 3. The van der Waals surface area contributed by atoms with Crippen molar-refractivity contribution in [3.8, 4) is 0 Å². The molecule has 0 amide bonds. The summed E-state index contributed by atoms with van der Waals surface area (Å²) in [6.07, 6.45) is 2.91. The molecule has 1 unspecified atom stereocenters. The fraction of sp³-hybridized carbons (Fsp3) is 0.529. The van der Waals surface area contributed by atoms with Crippen LogP contribution in [-0.4, -0.2) is 42.0 Å². The highest BCUT2D eigenvalue weighted by Gasteiger charge is 2.22. The molecule has 6 nitrogen and oxygen atoms in total. The van der Waals surface area contributed by atoms with Crippen molar-refractivity contribution >= 4 is 9.84 Å². The predicted molar refractivity (Wildman–Crippen MR) is 92.6 cm³/mol. The van der Waals surface area contributed by atoms with Crippen molar-refractivity contribution in [2.24, 2.45) is 5.92 Å². The average Bonchev–Trinajstić information content (AvgIpc) is 3.02. The van der Waals surface area contributed by atoms with Gasteiger partial charge in [-0.25, -0.2) is 8.42 Å². The van der Waals surface area contributed by atoms with Gasteiger partial charge in [0.1, 0.15) is 11.6 Å². The number of aromatic nitrogens is 3. The second-order valence-electron chi connectivity index (χ2n) is 6.24. The first-order valence-corrected chi connectivity index (χ1v) is 10.1. The van der Waals surface area contributed by atoms with Gasteiger partial charge in [-0.3, -0.25) is 0 Å². The number of sulfone groups is 1. The van der Waals surface area contributed by atoms with Crippen LogP contribution in [0.5, 0.6) is 0 Å². The summed E-state index contributed by atoms with van der Waals surface area (Å²) < 4.78 is 26.7. The van der Waals surface area contributed by atoms with Crippen LogP contribution >= 0.6 is 0 Å². The third-order valence-corrected chi connectivity index (χ3v) is 6.25. The summed E-state index contributed by atoms with van der Waals surface area (Å²) >= 11 is 0. The molecule has 2 aromatic rings. The van der Waals surface area contributed by atoms with Crippen LogP contribution in [-0.2, 0) is 29.2 Å². The average molecular weight is 348 g/mol. The second-order valence-corrected chi connectivity index (χ2v) is 8.35. The molecule has 2 heterocycles. The molecule has 7 heteroatoms. The van der Waals surface area contributed by atoms with Gasteiger partial charge in [-0.05, 0) is 31.0 Å². The maximum absolute atomic E-state index is 12.2. The smallest absolute Gasteiger partial charge is 0.179 e. The molecule has 1 aliphatic rings. The van der Waals surface area contributed by atoms with Crippen LogP contribution in [0.2, 0.25) is 0 Å². The van der Waals surface area contributed by atoms with Crippen molar-refractivity contribution in [3.63, 3.8) is 0 Å². The molecule has 0 radical (unpaired) electrons. The molecule has 1 aliphatic heterocycles. The molecular formula is C17H24N4O2S. The lowest BCUT2D eigenvalue weighted by molar-refractivity contribution is 0.345. The van der Waals surface area contributed by atoms with Gasteiger partial charge in [0, 0.05) is 25.9 Å². The molecular weight excluding hydrogens is 324 g/mol. The second kappa shape index (κ2) is 7.44. The van der Waals surface area contributed by atoms with E-state index in [1.807, 2.05) is 6.07 Å². The molecule has 0 saturated carbocycles. The predicted octanol–water partition coefficient (Wildman–Crippen LogP) is 1.47. The van der Waals surface area contributed by atoms with E-state index in [4.69, 9.17) is 0 Å². The van der Waals surface area contributed by atoms with Gasteiger partial charge < -0.3 is 9.88 Å². The Kier molecular flexibility index (Phi) is 5.30. The summed E-state index contributed by atoms with van der Waals surface area (Å²) in [6.45, 7) is 4.31. The first-order valence-electron chi connectivity index (χ1n) is 8.49. The third-order valence-electron chi connectivity index (χ3n) is 4.52. The summed E-state index contributed by atoms with van der Waals surface area (Å²) in [4.78, 5) is 0.395. The highest BCUT2D eigenvalue weighted by Crippen LogP contribution is 2.19. The largest absolute Gasteiger partial charge is 0.315 e. The van der Waals surface area contributed by atoms with Gasteiger partial charge in [0.15, 0.2) is 9.84 Å². The topological polar surface area (TPSA) is 76.9 Å². The Bertz CT molecular complexity index is 758. The number of aryl methyl sites for hydroxylation is 2. The van der Waals surface area contributed by atoms with Crippen molar-refractivity contribution in [1.29, 1.82) is 0 Å². The van der Waals surface area contributed by atoms with Crippen molar-refractivity contribution in [3.05, 3.63) is 42.0 Å². The van der Waals surface area contributed by atoms with Crippen molar-refractivity contribution in [1.82, 2.24) is 20.1 Å². The van der Waals surface area contributed by atoms with Crippen LogP contribution in [0.25, 0.3) is 0 Å². The lowest BCUT2D eigenvalue weighted by atomic mass is 9.99. The Labute approximate surface area is 143 Å². The van der Waals surface area contributed by atoms with Crippen molar-refractivity contribution in [2.75, 3.05) is 18.8 Å². The van der Waals surface area contributed by atoms with E-state index in [1.165, 1.54) is 0 Å². The minimum absolute atomic E-state index is 0.127. The third kappa shape index (κ3) is 3.84. The van der Waals surface area contributed by atoms with Crippen molar-refractivity contribution < 1.29 is 8.42 Å². The maximum Gasteiger partial charge on any atom is 0.179 e. The fourth-order valence-electron chi connectivity index (χ4n) is 3.14. The zero-order valence-corrected chi connectivity index (χ0v) is 14.8. The minimum Gasteiger partial charge on any atom is -0.315 e. The van der Waals surface area contributed by atoms with Gasteiger partial charge in [0.05, 0.1) is 10.6 Å². The molecule has 130 valence electrons. The minimum atomic E-state index is -3.20. The lowest BCUT2D eigenvalue weighted by Gasteiger charge is -2.24. The molecule has 1 atom stereocenters. The molecule has 0 fully saturated rings. The number of nitrogens with one attached hydrogen (secondary N) is 1. The number of fused-ring (bicyclic) bond motifs is 1. The van der Waals surface area contributed by atoms with E-state index >= 15 is 0 Å². The first-order chi connectivity index (χ1) is 11.6. The zero-order chi connectivity index (χ0) is 17.0. The number of benzene rings is 1. The van der Waals surface area contributed by atoms with Crippen LogP contribution in [0.15, 0.2) is 35.2 Å². The monoisotopic (exact) mass is 348 g/mol. The standard InChI is InChI=1S/C17H24N4O2S/c1-2-16-19-20-17-9-8-14(13-21(16)17)12-18-10-11-24(22,23)15-6-4-3-5-7-15/h3-7,14,18H,2,8-13H2,1H3. The number of rotatable bonds is 7. The van der Waals surface area contributed by atoms with E-state index in [1.54, 1.807) is 24.3 Å². The normalized spacial score (nSPS) is 17.6. The Morgan fingerprint density at radius 2 is 2.04 bits per heavy atom. The molecule has 0 bridgehead atoms. The van der Waals surface area contributed by atoms with Crippen LogP contribution in [0.4, 0.5) is 0 Å². The van der Waals surface area contributed by atoms with Gasteiger partial charge in [-0.1, -0.05) is 25.1 Å². The first kappa shape index (κ1) is 17.1. The molecule has 1 N–H and O–H groups in total. The van der Waals surface area contributed by atoms with Crippen LogP contribution in [0.1, 0.15) is 25.0 Å². The van der Waals surface area contributed by atoms with Gasteiger partial charge in [0.2, 0.25) is 0 Å². The van der Waals surface area contributed by atoms with Crippen molar-refractivity contribution in [2.45, 2.75) is 37.6 Å². The van der Waals surface area contributed by atoms with E-state index < -0.39 is 9.84 Å². The molecule has 0 spiro atoms. The molecule has 0 saturated heterocycles. The van der Waals surface area contributed by atoms with E-state index in [-0.39, 0.29) is 5.75 Å². The summed E-state index contributed by atoms with van der Waals surface area (Å²) in [5.74, 6) is 2.75. The van der Waals surface area contributed by atoms with Crippen LogP contribution in [0, 0.1) is 5.92 Å².